The molecule has 0 saturated carbocycles. The first-order valence-corrected chi connectivity index (χ1v) is 10.1. The van der Waals surface area contributed by atoms with E-state index in [-0.39, 0.29) is 17.1 Å². The van der Waals surface area contributed by atoms with Crippen LogP contribution in [-0.2, 0) is 14.0 Å². The number of rotatable bonds is 3. The minimum absolute atomic E-state index is 0.106. The third-order valence-electron chi connectivity index (χ3n) is 4.99. The van der Waals surface area contributed by atoms with Crippen LogP contribution < -0.4 is 0 Å². The standard InChI is InChI=1S/C15H26O3Si/c1-15(2,3)19(4,5)18-14-8-11(9-16)13-10-17-7-6-12(13)14/h8-9,12-14H,6-7,10H2,1-5H3/t12-,13-,14+/m1/s1. The van der Waals surface area contributed by atoms with Gasteiger partial charge >= 0.3 is 0 Å². The quantitative estimate of drug-likeness (QED) is 0.589. The SMILES string of the molecule is CC(C)(C)[Si](C)(C)O[C@H]1C=C(C=O)[C@H]2COCC[C@@H]12. The van der Waals surface area contributed by atoms with Crippen LogP contribution in [0.4, 0.5) is 0 Å². The molecule has 0 aromatic heterocycles. The largest absolute Gasteiger partial charge is 0.410 e. The molecule has 1 heterocycles. The Balaban J connectivity index is 2.16. The van der Waals surface area contributed by atoms with Crippen LogP contribution in [0.3, 0.4) is 0 Å². The number of hydrogen-bond donors (Lipinski definition) is 0. The fourth-order valence-corrected chi connectivity index (χ4v) is 3.97. The highest BCUT2D eigenvalue weighted by atomic mass is 28.4. The van der Waals surface area contributed by atoms with Crippen molar-refractivity contribution < 1.29 is 14.0 Å². The van der Waals surface area contributed by atoms with Gasteiger partial charge in [-0.2, -0.15) is 0 Å². The summed E-state index contributed by atoms with van der Waals surface area (Å²) in [6.07, 6.45) is 4.14. The van der Waals surface area contributed by atoms with Crippen LogP contribution in [0.2, 0.25) is 18.1 Å². The van der Waals surface area contributed by atoms with Crippen LogP contribution >= 0.6 is 0 Å². The summed E-state index contributed by atoms with van der Waals surface area (Å²) in [7, 11) is -1.79. The summed E-state index contributed by atoms with van der Waals surface area (Å²) in [4.78, 5) is 11.2. The van der Waals surface area contributed by atoms with E-state index in [1.54, 1.807) is 0 Å². The van der Waals surface area contributed by atoms with Gasteiger partial charge in [-0.05, 0) is 42.1 Å². The molecule has 0 aromatic rings. The monoisotopic (exact) mass is 282 g/mol. The minimum Gasteiger partial charge on any atom is -0.410 e. The Labute approximate surface area is 117 Å². The van der Waals surface area contributed by atoms with Gasteiger partial charge in [-0.1, -0.05) is 20.8 Å². The third kappa shape index (κ3) is 2.85. The molecule has 4 heteroatoms. The second-order valence-corrected chi connectivity index (χ2v) is 12.0. The van der Waals surface area contributed by atoms with Crippen molar-refractivity contribution in [1.82, 2.24) is 0 Å². The predicted octanol–water partition coefficient (Wildman–Crippen LogP) is 3.17. The first-order chi connectivity index (χ1) is 8.76. The average Bonchev–Trinajstić information content (AvgIpc) is 2.66. The van der Waals surface area contributed by atoms with E-state index in [1.807, 2.05) is 0 Å². The number of carbonyl (C=O) groups excluding carboxylic acids is 1. The summed E-state index contributed by atoms with van der Waals surface area (Å²) in [5, 5.41) is 0.200. The number of hydrogen-bond acceptors (Lipinski definition) is 3. The van der Waals surface area contributed by atoms with Gasteiger partial charge in [0.15, 0.2) is 8.32 Å². The fraction of sp³-hybridized carbons (Fsp3) is 0.800. The molecule has 0 radical (unpaired) electrons. The molecule has 3 atom stereocenters. The lowest BCUT2D eigenvalue weighted by Gasteiger charge is -2.41. The molecule has 3 nitrogen and oxygen atoms in total. The first-order valence-electron chi connectivity index (χ1n) is 7.19. The third-order valence-corrected chi connectivity index (χ3v) is 9.46. The van der Waals surface area contributed by atoms with E-state index in [9.17, 15) is 4.79 Å². The number of ether oxygens (including phenoxy) is 1. The fourth-order valence-electron chi connectivity index (χ4n) is 2.69. The first kappa shape index (κ1) is 14.9. The lowest BCUT2D eigenvalue weighted by Crippen LogP contribution is -2.46. The van der Waals surface area contributed by atoms with Crippen molar-refractivity contribution >= 4 is 14.6 Å². The summed E-state index contributed by atoms with van der Waals surface area (Å²) in [6.45, 7) is 12.8. The maximum Gasteiger partial charge on any atom is 0.192 e. The molecule has 1 saturated heterocycles. The summed E-state index contributed by atoms with van der Waals surface area (Å²) in [5.41, 5.74) is 0.883. The van der Waals surface area contributed by atoms with E-state index in [4.69, 9.17) is 9.16 Å². The summed E-state index contributed by atoms with van der Waals surface area (Å²) in [6, 6.07) is 0. The van der Waals surface area contributed by atoms with Crippen LogP contribution in [0.25, 0.3) is 0 Å². The van der Waals surface area contributed by atoms with Crippen LogP contribution in [0.1, 0.15) is 27.2 Å². The van der Waals surface area contributed by atoms with Gasteiger partial charge in [-0.15, -0.1) is 0 Å². The lowest BCUT2D eigenvalue weighted by molar-refractivity contribution is -0.106. The molecule has 1 aliphatic heterocycles. The van der Waals surface area contributed by atoms with E-state index >= 15 is 0 Å². The molecule has 0 N–H and O–H groups in total. The molecule has 2 aliphatic rings. The number of fused-ring (bicyclic) bond motifs is 1. The highest BCUT2D eigenvalue weighted by Crippen LogP contribution is 2.43. The smallest absolute Gasteiger partial charge is 0.192 e. The summed E-state index contributed by atoms with van der Waals surface area (Å²) in [5.74, 6) is 0.684. The highest BCUT2D eigenvalue weighted by molar-refractivity contribution is 6.74. The molecule has 1 fully saturated rings. The molecular formula is C15H26O3Si. The Bertz CT molecular complexity index is 381. The zero-order valence-electron chi connectivity index (χ0n) is 12.7. The normalized spacial score (nSPS) is 31.8. The van der Waals surface area contributed by atoms with Crippen LogP contribution in [0.15, 0.2) is 11.6 Å². The van der Waals surface area contributed by atoms with E-state index in [2.05, 4.69) is 39.9 Å². The van der Waals surface area contributed by atoms with Gasteiger partial charge in [0.05, 0.1) is 12.7 Å². The molecule has 0 amide bonds. The molecule has 0 spiro atoms. The zero-order chi connectivity index (χ0) is 14.3. The van der Waals surface area contributed by atoms with Crippen molar-refractivity contribution in [2.24, 2.45) is 11.8 Å². The van der Waals surface area contributed by atoms with E-state index in [1.165, 1.54) is 0 Å². The van der Waals surface area contributed by atoms with Gasteiger partial charge in [0.2, 0.25) is 0 Å². The van der Waals surface area contributed by atoms with Gasteiger partial charge in [0, 0.05) is 12.5 Å². The number of carbonyl (C=O) groups is 1. The Kier molecular flexibility index (Phi) is 4.05. The second kappa shape index (κ2) is 5.15. The summed E-state index contributed by atoms with van der Waals surface area (Å²) < 4.78 is 12.0. The Morgan fingerprint density at radius 1 is 1.42 bits per heavy atom. The van der Waals surface area contributed by atoms with E-state index < -0.39 is 8.32 Å². The average molecular weight is 282 g/mol. The maximum atomic E-state index is 11.2. The van der Waals surface area contributed by atoms with Gasteiger partial charge < -0.3 is 9.16 Å². The summed E-state index contributed by atoms with van der Waals surface area (Å²) >= 11 is 0. The van der Waals surface area contributed by atoms with E-state index in [0.29, 0.717) is 12.5 Å². The number of aldehydes is 1. The zero-order valence-corrected chi connectivity index (χ0v) is 13.7. The molecular weight excluding hydrogens is 256 g/mol. The van der Waals surface area contributed by atoms with Gasteiger partial charge in [-0.25, -0.2) is 0 Å². The van der Waals surface area contributed by atoms with Crippen molar-refractivity contribution in [3.63, 3.8) is 0 Å². The van der Waals surface area contributed by atoms with Gasteiger partial charge in [0.25, 0.3) is 0 Å². The van der Waals surface area contributed by atoms with Crippen LogP contribution in [0, 0.1) is 11.8 Å². The Hall–Kier alpha value is -0.453. The van der Waals surface area contributed by atoms with Crippen LogP contribution in [0.5, 0.6) is 0 Å². The molecule has 0 aromatic carbocycles. The van der Waals surface area contributed by atoms with Crippen molar-refractivity contribution in [1.29, 1.82) is 0 Å². The molecule has 0 bridgehead atoms. The molecule has 108 valence electrons. The van der Waals surface area contributed by atoms with Crippen molar-refractivity contribution in [3.05, 3.63) is 11.6 Å². The Morgan fingerprint density at radius 2 is 2.11 bits per heavy atom. The molecule has 2 rings (SSSR count). The van der Waals surface area contributed by atoms with Crippen molar-refractivity contribution in [2.45, 2.75) is 51.4 Å². The van der Waals surface area contributed by atoms with Gasteiger partial charge in [-0.3, -0.25) is 4.79 Å². The minimum atomic E-state index is -1.79. The van der Waals surface area contributed by atoms with Crippen LogP contribution in [-0.4, -0.2) is 33.9 Å². The topological polar surface area (TPSA) is 35.5 Å². The van der Waals surface area contributed by atoms with Crippen molar-refractivity contribution in [2.75, 3.05) is 13.2 Å². The molecule has 0 unspecified atom stereocenters. The molecule has 1 aliphatic carbocycles. The van der Waals surface area contributed by atoms with E-state index in [0.717, 1.165) is 24.9 Å². The molecule has 19 heavy (non-hydrogen) atoms. The maximum absolute atomic E-state index is 11.2. The highest BCUT2D eigenvalue weighted by Gasteiger charge is 2.45. The van der Waals surface area contributed by atoms with Gasteiger partial charge in [0.1, 0.15) is 6.29 Å². The lowest BCUT2D eigenvalue weighted by atomic mass is 9.87. The second-order valence-electron chi connectivity index (χ2n) is 7.26. The van der Waals surface area contributed by atoms with Crippen molar-refractivity contribution in [3.8, 4) is 0 Å². The Morgan fingerprint density at radius 3 is 2.68 bits per heavy atom. The predicted molar refractivity (Wildman–Crippen MR) is 78.6 cm³/mol.